The van der Waals surface area contributed by atoms with E-state index in [4.69, 9.17) is 11.6 Å². The van der Waals surface area contributed by atoms with Crippen molar-refractivity contribution in [1.29, 1.82) is 0 Å². The van der Waals surface area contributed by atoms with E-state index >= 15 is 0 Å². The highest BCUT2D eigenvalue weighted by Gasteiger charge is 2.28. The highest BCUT2D eigenvalue weighted by molar-refractivity contribution is 7.89. The van der Waals surface area contributed by atoms with Gasteiger partial charge in [0.1, 0.15) is 4.90 Å². The number of benzene rings is 1. The highest BCUT2D eigenvalue weighted by Crippen LogP contribution is 2.25. The van der Waals surface area contributed by atoms with Crippen LogP contribution in [0.15, 0.2) is 29.2 Å². The second-order valence-electron chi connectivity index (χ2n) is 3.33. The molecule has 0 saturated heterocycles. The fraction of sp³-hybridized carbons (Fsp3) is 0.333. The molecule has 0 bridgehead atoms. The lowest BCUT2D eigenvalue weighted by molar-refractivity contribution is 0.581. The Morgan fingerprint density at radius 2 is 1.93 bits per heavy atom. The lowest BCUT2D eigenvalue weighted by atomic mass is 10.4. The van der Waals surface area contributed by atoms with Crippen molar-refractivity contribution in [3.63, 3.8) is 0 Å². The summed E-state index contributed by atoms with van der Waals surface area (Å²) in [4.78, 5) is 0.161. The van der Waals surface area contributed by atoms with E-state index < -0.39 is 10.0 Å². The standard InChI is InChI=1S/C9H10ClNO2S/c10-8-3-1-2-4-9(8)14(12,13)11-7-5-6-7/h1-4,7,11H,5-6H2. The van der Waals surface area contributed by atoms with Crippen LogP contribution in [0.5, 0.6) is 0 Å². The van der Waals surface area contributed by atoms with Gasteiger partial charge in [0.15, 0.2) is 0 Å². The Bertz CT molecular complexity index is 440. The molecule has 1 saturated carbocycles. The molecule has 1 aliphatic rings. The van der Waals surface area contributed by atoms with Gasteiger partial charge >= 0.3 is 0 Å². The van der Waals surface area contributed by atoms with Crippen molar-refractivity contribution in [2.45, 2.75) is 23.8 Å². The van der Waals surface area contributed by atoms with Crippen LogP contribution in [0.2, 0.25) is 5.02 Å². The summed E-state index contributed by atoms with van der Waals surface area (Å²) in [5.74, 6) is 0. The Morgan fingerprint density at radius 3 is 2.50 bits per heavy atom. The molecule has 0 atom stereocenters. The van der Waals surface area contributed by atoms with Gasteiger partial charge < -0.3 is 0 Å². The van der Waals surface area contributed by atoms with E-state index in [1.807, 2.05) is 0 Å². The van der Waals surface area contributed by atoms with Crippen LogP contribution in [-0.2, 0) is 10.0 Å². The Labute approximate surface area is 88.1 Å². The van der Waals surface area contributed by atoms with Crippen molar-refractivity contribution in [3.05, 3.63) is 29.3 Å². The molecule has 76 valence electrons. The normalized spacial score (nSPS) is 16.9. The predicted molar refractivity (Wildman–Crippen MR) is 54.8 cm³/mol. The molecule has 0 heterocycles. The molecule has 2 rings (SSSR count). The molecular weight excluding hydrogens is 222 g/mol. The molecule has 0 unspecified atom stereocenters. The lowest BCUT2D eigenvalue weighted by Gasteiger charge is -2.06. The number of sulfonamides is 1. The first kappa shape index (κ1) is 9.96. The topological polar surface area (TPSA) is 46.2 Å². The second-order valence-corrected chi connectivity index (χ2v) is 5.42. The molecule has 1 aliphatic carbocycles. The first-order valence-corrected chi connectivity index (χ1v) is 6.22. The Balaban J connectivity index is 2.33. The first-order valence-electron chi connectivity index (χ1n) is 4.36. The minimum atomic E-state index is -3.41. The number of rotatable bonds is 3. The lowest BCUT2D eigenvalue weighted by Crippen LogP contribution is -2.25. The maximum absolute atomic E-state index is 11.7. The summed E-state index contributed by atoms with van der Waals surface area (Å²) in [7, 11) is -3.41. The summed E-state index contributed by atoms with van der Waals surface area (Å²) in [6.07, 6.45) is 1.84. The van der Waals surface area contributed by atoms with Crippen molar-refractivity contribution >= 4 is 21.6 Å². The number of hydrogen-bond donors (Lipinski definition) is 1. The molecule has 0 amide bonds. The third-order valence-electron chi connectivity index (χ3n) is 2.03. The van der Waals surface area contributed by atoms with Gasteiger partial charge in [-0.15, -0.1) is 0 Å². The molecule has 1 N–H and O–H groups in total. The molecule has 0 aliphatic heterocycles. The molecule has 5 heteroatoms. The van der Waals surface area contributed by atoms with Crippen molar-refractivity contribution in [3.8, 4) is 0 Å². The van der Waals surface area contributed by atoms with E-state index in [0.717, 1.165) is 12.8 Å². The smallest absolute Gasteiger partial charge is 0.208 e. The highest BCUT2D eigenvalue weighted by atomic mass is 35.5. The Hall–Kier alpha value is -0.580. The second kappa shape index (κ2) is 3.53. The van der Waals surface area contributed by atoms with E-state index in [0.29, 0.717) is 0 Å². The number of nitrogens with one attached hydrogen (secondary N) is 1. The van der Waals surface area contributed by atoms with Gasteiger partial charge in [-0.1, -0.05) is 23.7 Å². The zero-order valence-corrected chi connectivity index (χ0v) is 8.98. The van der Waals surface area contributed by atoms with Crippen LogP contribution in [0.3, 0.4) is 0 Å². The maximum Gasteiger partial charge on any atom is 0.242 e. The zero-order valence-electron chi connectivity index (χ0n) is 7.40. The Morgan fingerprint density at radius 1 is 1.29 bits per heavy atom. The maximum atomic E-state index is 11.7. The van der Waals surface area contributed by atoms with Gasteiger partial charge in [-0.25, -0.2) is 13.1 Å². The van der Waals surface area contributed by atoms with Crippen LogP contribution in [0.4, 0.5) is 0 Å². The van der Waals surface area contributed by atoms with Crippen molar-refractivity contribution in [2.75, 3.05) is 0 Å². The first-order chi connectivity index (χ1) is 6.59. The molecular formula is C9H10ClNO2S. The molecule has 14 heavy (non-hydrogen) atoms. The summed E-state index contributed by atoms with van der Waals surface area (Å²) in [5, 5.41) is 0.264. The van der Waals surface area contributed by atoms with E-state index in [2.05, 4.69) is 4.72 Å². The average Bonchev–Trinajstić information content (AvgIpc) is 2.88. The summed E-state index contributed by atoms with van der Waals surface area (Å²) in [6.45, 7) is 0. The molecule has 1 fully saturated rings. The molecule has 3 nitrogen and oxygen atoms in total. The minimum Gasteiger partial charge on any atom is -0.208 e. The van der Waals surface area contributed by atoms with Crippen molar-refractivity contribution in [2.24, 2.45) is 0 Å². The molecule has 1 aromatic rings. The minimum absolute atomic E-state index is 0.108. The van der Waals surface area contributed by atoms with Gasteiger partial charge in [0, 0.05) is 6.04 Å². The Kier molecular flexibility index (Phi) is 2.51. The molecule has 0 spiro atoms. The zero-order chi connectivity index (χ0) is 10.2. The summed E-state index contributed by atoms with van der Waals surface area (Å²) in [6, 6.07) is 6.55. The van der Waals surface area contributed by atoms with Gasteiger partial charge in [-0.2, -0.15) is 0 Å². The van der Waals surface area contributed by atoms with Gasteiger partial charge in [-0.3, -0.25) is 0 Å². The van der Waals surface area contributed by atoms with E-state index in [1.165, 1.54) is 6.07 Å². The van der Waals surface area contributed by atoms with Crippen LogP contribution in [-0.4, -0.2) is 14.5 Å². The fourth-order valence-electron chi connectivity index (χ4n) is 1.15. The van der Waals surface area contributed by atoms with E-state index in [9.17, 15) is 8.42 Å². The SMILES string of the molecule is O=S(=O)(NC1CC1)c1ccccc1Cl. The summed E-state index contributed by atoms with van der Waals surface area (Å²) >= 11 is 5.79. The third kappa shape index (κ3) is 2.08. The van der Waals surface area contributed by atoms with Crippen LogP contribution >= 0.6 is 11.6 Å². The van der Waals surface area contributed by atoms with Gasteiger partial charge in [-0.05, 0) is 25.0 Å². The van der Waals surface area contributed by atoms with Crippen molar-refractivity contribution < 1.29 is 8.42 Å². The van der Waals surface area contributed by atoms with Crippen LogP contribution < -0.4 is 4.72 Å². The van der Waals surface area contributed by atoms with Gasteiger partial charge in [0.05, 0.1) is 5.02 Å². The van der Waals surface area contributed by atoms with Gasteiger partial charge in [0.2, 0.25) is 10.0 Å². The number of halogens is 1. The van der Waals surface area contributed by atoms with Gasteiger partial charge in [0.25, 0.3) is 0 Å². The molecule has 0 radical (unpaired) electrons. The third-order valence-corrected chi connectivity index (χ3v) is 4.05. The van der Waals surface area contributed by atoms with Crippen LogP contribution in [0, 0.1) is 0 Å². The van der Waals surface area contributed by atoms with Crippen LogP contribution in [0.1, 0.15) is 12.8 Å². The molecule has 1 aromatic carbocycles. The summed E-state index contributed by atoms with van der Waals surface area (Å²) in [5.41, 5.74) is 0. The quantitative estimate of drug-likeness (QED) is 0.862. The summed E-state index contributed by atoms with van der Waals surface area (Å²) < 4.78 is 26.0. The molecule has 0 aromatic heterocycles. The largest absolute Gasteiger partial charge is 0.242 e. The van der Waals surface area contributed by atoms with Crippen LogP contribution in [0.25, 0.3) is 0 Å². The number of hydrogen-bond acceptors (Lipinski definition) is 2. The average molecular weight is 232 g/mol. The van der Waals surface area contributed by atoms with E-state index in [1.54, 1.807) is 18.2 Å². The van der Waals surface area contributed by atoms with Crippen molar-refractivity contribution in [1.82, 2.24) is 4.72 Å². The monoisotopic (exact) mass is 231 g/mol. The van der Waals surface area contributed by atoms with E-state index in [-0.39, 0.29) is 16.0 Å². The fourth-order valence-corrected chi connectivity index (χ4v) is 2.97. The predicted octanol–water partition coefficient (Wildman–Crippen LogP) is 1.78.